The highest BCUT2D eigenvalue weighted by Gasteiger charge is 2.26. The van der Waals surface area contributed by atoms with Crippen LogP contribution in [0.15, 0.2) is 18.3 Å². The van der Waals surface area contributed by atoms with E-state index in [1.54, 1.807) is 13.0 Å². The van der Waals surface area contributed by atoms with Crippen molar-refractivity contribution in [3.63, 3.8) is 0 Å². The monoisotopic (exact) mass is 436 g/mol. The van der Waals surface area contributed by atoms with Crippen LogP contribution in [0.2, 0.25) is 0 Å². The van der Waals surface area contributed by atoms with Gasteiger partial charge in [0.05, 0.1) is 22.3 Å². The van der Waals surface area contributed by atoms with E-state index in [0.29, 0.717) is 22.9 Å². The molecule has 3 heterocycles. The summed E-state index contributed by atoms with van der Waals surface area (Å²) in [5.74, 6) is 2.50. The molecule has 0 spiro atoms. The van der Waals surface area contributed by atoms with Crippen LogP contribution in [0.3, 0.4) is 0 Å². The Kier molecular flexibility index (Phi) is 6.09. The smallest absolute Gasteiger partial charge is 0.222 e. The lowest BCUT2D eigenvalue weighted by molar-refractivity contribution is 0.211. The Morgan fingerprint density at radius 2 is 1.97 bits per heavy atom. The maximum atomic E-state index is 14.0. The quantitative estimate of drug-likeness (QED) is 0.494. The number of rotatable bonds is 7. The van der Waals surface area contributed by atoms with Gasteiger partial charge < -0.3 is 15.2 Å². The lowest BCUT2D eigenvalue weighted by atomic mass is 9.81. The minimum Gasteiger partial charge on any atom is -0.354 e. The minimum atomic E-state index is -0.231. The molecule has 170 valence electrons. The molecule has 1 aromatic carbocycles. The summed E-state index contributed by atoms with van der Waals surface area (Å²) in [7, 11) is 2.21. The number of H-pyrrole nitrogens is 1. The van der Waals surface area contributed by atoms with Gasteiger partial charge in [0.1, 0.15) is 11.6 Å². The van der Waals surface area contributed by atoms with Crippen LogP contribution in [0.5, 0.6) is 0 Å². The van der Waals surface area contributed by atoms with Crippen LogP contribution < -0.4 is 5.32 Å². The Morgan fingerprint density at radius 3 is 2.72 bits per heavy atom. The van der Waals surface area contributed by atoms with E-state index in [1.807, 2.05) is 6.20 Å². The SMILES string of the molecule is Cc1c(F)ccc2[nH]c(-c3cnc(NCCCC4CCN(C)CC4)nc3C3CCC3)nc12. The van der Waals surface area contributed by atoms with Crippen LogP contribution in [0, 0.1) is 18.7 Å². The van der Waals surface area contributed by atoms with Crippen molar-refractivity contribution in [2.24, 2.45) is 5.92 Å². The lowest BCUT2D eigenvalue weighted by Crippen LogP contribution is -2.30. The van der Waals surface area contributed by atoms with Crippen molar-refractivity contribution in [3.05, 3.63) is 35.4 Å². The van der Waals surface area contributed by atoms with Crippen molar-refractivity contribution < 1.29 is 4.39 Å². The van der Waals surface area contributed by atoms with Gasteiger partial charge in [-0.2, -0.15) is 0 Å². The summed E-state index contributed by atoms with van der Waals surface area (Å²) >= 11 is 0. The fourth-order valence-corrected chi connectivity index (χ4v) is 4.91. The predicted octanol–water partition coefficient (Wildman–Crippen LogP) is 5.27. The van der Waals surface area contributed by atoms with Crippen molar-refractivity contribution >= 4 is 17.0 Å². The third-order valence-electron chi connectivity index (χ3n) is 7.32. The van der Waals surface area contributed by atoms with Gasteiger partial charge in [-0.05, 0) is 83.6 Å². The summed E-state index contributed by atoms with van der Waals surface area (Å²) in [5, 5.41) is 3.45. The Balaban J connectivity index is 1.30. The van der Waals surface area contributed by atoms with Gasteiger partial charge >= 0.3 is 0 Å². The van der Waals surface area contributed by atoms with E-state index < -0.39 is 0 Å². The topological polar surface area (TPSA) is 69.7 Å². The van der Waals surface area contributed by atoms with E-state index in [1.165, 1.54) is 44.8 Å². The third kappa shape index (κ3) is 4.35. The molecule has 1 saturated carbocycles. The van der Waals surface area contributed by atoms with Gasteiger partial charge in [-0.25, -0.2) is 19.3 Å². The fourth-order valence-electron chi connectivity index (χ4n) is 4.91. The number of nitrogens with one attached hydrogen (secondary N) is 2. The summed E-state index contributed by atoms with van der Waals surface area (Å²) in [6.45, 7) is 5.12. The van der Waals surface area contributed by atoms with Crippen molar-refractivity contribution in [1.82, 2.24) is 24.8 Å². The maximum Gasteiger partial charge on any atom is 0.222 e. The normalized spacial score (nSPS) is 18.2. The van der Waals surface area contributed by atoms with Gasteiger partial charge in [0, 0.05) is 24.2 Å². The van der Waals surface area contributed by atoms with E-state index in [0.717, 1.165) is 54.3 Å². The number of hydrogen-bond donors (Lipinski definition) is 2. The molecule has 1 aliphatic heterocycles. The maximum absolute atomic E-state index is 14.0. The zero-order valence-corrected chi connectivity index (χ0v) is 19.1. The molecule has 7 heteroatoms. The number of nitrogens with zero attached hydrogens (tertiary/aromatic N) is 4. The molecular formula is C25H33FN6. The Labute approximate surface area is 189 Å². The van der Waals surface area contributed by atoms with Gasteiger partial charge in [0.2, 0.25) is 5.95 Å². The van der Waals surface area contributed by atoms with Crippen LogP contribution in [0.4, 0.5) is 10.3 Å². The number of aromatic nitrogens is 4. The van der Waals surface area contributed by atoms with E-state index >= 15 is 0 Å². The number of aryl methyl sites for hydroxylation is 1. The molecule has 2 aliphatic rings. The van der Waals surface area contributed by atoms with Crippen molar-refractivity contribution in [2.75, 3.05) is 32.0 Å². The van der Waals surface area contributed by atoms with Crippen molar-refractivity contribution in [3.8, 4) is 11.4 Å². The summed E-state index contributed by atoms with van der Waals surface area (Å²) < 4.78 is 14.0. The summed E-state index contributed by atoms with van der Waals surface area (Å²) in [5.41, 5.74) is 4.08. The Morgan fingerprint density at radius 1 is 1.16 bits per heavy atom. The highest BCUT2D eigenvalue weighted by atomic mass is 19.1. The van der Waals surface area contributed by atoms with Crippen molar-refractivity contribution in [2.45, 2.75) is 57.8 Å². The molecule has 0 unspecified atom stereocenters. The second kappa shape index (κ2) is 9.14. The molecule has 2 N–H and O–H groups in total. The van der Waals surface area contributed by atoms with Crippen LogP contribution in [-0.2, 0) is 0 Å². The van der Waals surface area contributed by atoms with Gasteiger partial charge in [-0.3, -0.25) is 0 Å². The number of piperidine rings is 1. The standard InChI is InChI=1S/C25H33FN6/c1-16-20(26)8-9-21-22(16)30-24(29-21)19-15-28-25(31-23(19)18-6-3-7-18)27-12-4-5-17-10-13-32(2)14-11-17/h8-9,15,17-18H,3-7,10-14H2,1-2H3,(H,29,30)(H,27,28,31). The fraction of sp³-hybridized carbons (Fsp3) is 0.560. The van der Waals surface area contributed by atoms with Crippen LogP contribution in [0.1, 0.15) is 62.1 Å². The highest BCUT2D eigenvalue weighted by molar-refractivity contribution is 5.82. The van der Waals surface area contributed by atoms with E-state index in [4.69, 9.17) is 9.97 Å². The van der Waals surface area contributed by atoms with E-state index in [9.17, 15) is 4.39 Å². The number of halogens is 1. The average Bonchev–Trinajstić information content (AvgIpc) is 3.19. The molecule has 0 bridgehead atoms. The molecule has 0 atom stereocenters. The number of imidazole rings is 1. The first kappa shape index (κ1) is 21.3. The molecule has 0 amide bonds. The van der Waals surface area contributed by atoms with Gasteiger partial charge in [-0.1, -0.05) is 6.42 Å². The highest BCUT2D eigenvalue weighted by Crippen LogP contribution is 2.40. The second-order valence-electron chi connectivity index (χ2n) is 9.59. The second-order valence-corrected chi connectivity index (χ2v) is 9.59. The molecule has 32 heavy (non-hydrogen) atoms. The Hall–Kier alpha value is -2.54. The largest absolute Gasteiger partial charge is 0.354 e. The molecule has 5 rings (SSSR count). The summed E-state index contributed by atoms with van der Waals surface area (Å²) in [6.07, 6.45) is 10.4. The van der Waals surface area contributed by atoms with Crippen LogP contribution in [-0.4, -0.2) is 51.5 Å². The van der Waals surface area contributed by atoms with Crippen LogP contribution >= 0.6 is 0 Å². The molecule has 6 nitrogen and oxygen atoms in total. The summed E-state index contributed by atoms with van der Waals surface area (Å²) in [4.78, 5) is 20.0. The molecule has 1 saturated heterocycles. The minimum absolute atomic E-state index is 0.231. The van der Waals surface area contributed by atoms with E-state index in [2.05, 4.69) is 27.2 Å². The third-order valence-corrected chi connectivity index (χ3v) is 7.32. The van der Waals surface area contributed by atoms with Gasteiger partial charge in [0.15, 0.2) is 0 Å². The molecule has 0 radical (unpaired) electrons. The molecule has 2 fully saturated rings. The van der Waals surface area contributed by atoms with Crippen molar-refractivity contribution in [1.29, 1.82) is 0 Å². The number of hydrogen-bond acceptors (Lipinski definition) is 5. The zero-order valence-electron chi connectivity index (χ0n) is 19.1. The predicted molar refractivity (Wildman–Crippen MR) is 126 cm³/mol. The first-order valence-corrected chi connectivity index (χ1v) is 12.0. The molecule has 2 aromatic heterocycles. The summed E-state index contributed by atoms with van der Waals surface area (Å²) in [6, 6.07) is 3.24. The number of anilines is 1. The van der Waals surface area contributed by atoms with Crippen LogP contribution in [0.25, 0.3) is 22.4 Å². The number of fused-ring (bicyclic) bond motifs is 1. The average molecular weight is 437 g/mol. The number of aromatic amines is 1. The lowest BCUT2D eigenvalue weighted by Gasteiger charge is -2.29. The molecular weight excluding hydrogens is 403 g/mol. The first-order valence-electron chi connectivity index (χ1n) is 12.0. The van der Waals surface area contributed by atoms with E-state index in [-0.39, 0.29) is 5.82 Å². The molecule has 3 aromatic rings. The Bertz CT molecular complexity index is 1080. The number of benzene rings is 1. The van der Waals surface area contributed by atoms with Gasteiger partial charge in [-0.15, -0.1) is 0 Å². The number of likely N-dealkylation sites (tertiary alicyclic amines) is 1. The zero-order chi connectivity index (χ0) is 22.1. The van der Waals surface area contributed by atoms with Gasteiger partial charge in [0.25, 0.3) is 0 Å². The first-order chi connectivity index (χ1) is 15.6. The molecule has 1 aliphatic carbocycles.